The lowest BCUT2D eigenvalue weighted by atomic mass is 10.3. The van der Waals surface area contributed by atoms with Crippen LogP contribution in [0.5, 0.6) is 10.9 Å². The maximum absolute atomic E-state index is 12.5. The first-order valence-electron chi connectivity index (χ1n) is 6.57. The van der Waals surface area contributed by atoms with Crippen LogP contribution >= 0.6 is 11.3 Å². The Kier molecular flexibility index (Phi) is 4.26. The Morgan fingerprint density at radius 2 is 1.96 bits per heavy atom. The van der Waals surface area contributed by atoms with E-state index in [1.807, 2.05) is 0 Å². The second-order valence-corrected chi connectivity index (χ2v) is 5.37. The largest absolute Gasteiger partial charge is 0.459 e. The van der Waals surface area contributed by atoms with Gasteiger partial charge in [-0.1, -0.05) is 11.3 Å². The average molecular weight is 354 g/mol. The molecule has 0 radical (unpaired) electrons. The number of carbonyl (C=O) groups excluding carboxylic acids is 1. The third-order valence-electron chi connectivity index (χ3n) is 2.84. The number of anilines is 1. The monoisotopic (exact) mass is 354 g/mol. The predicted octanol–water partition coefficient (Wildman–Crippen LogP) is 4.80. The molecule has 0 spiro atoms. The number of rotatable bonds is 4. The fourth-order valence-corrected chi connectivity index (χ4v) is 2.44. The molecule has 0 fully saturated rings. The first-order chi connectivity index (χ1) is 11.4. The first-order valence-corrected chi connectivity index (χ1v) is 7.45. The highest BCUT2D eigenvalue weighted by Crippen LogP contribution is 2.34. The molecule has 0 atom stereocenters. The number of nitrogens with zero attached hydrogens (tertiary/aromatic N) is 1. The number of furan rings is 1. The van der Waals surface area contributed by atoms with Gasteiger partial charge in [-0.25, -0.2) is 0 Å². The van der Waals surface area contributed by atoms with Crippen molar-refractivity contribution in [1.82, 2.24) is 4.98 Å². The number of thiazole rings is 1. The number of nitrogens with one attached hydrogen (secondary N) is 1. The molecule has 0 aliphatic rings. The van der Waals surface area contributed by atoms with Gasteiger partial charge in [-0.05, 0) is 36.4 Å². The van der Waals surface area contributed by atoms with Crippen molar-refractivity contribution in [2.75, 3.05) is 5.32 Å². The fourth-order valence-electron chi connectivity index (χ4n) is 1.74. The summed E-state index contributed by atoms with van der Waals surface area (Å²) in [6.45, 7) is 0. The van der Waals surface area contributed by atoms with Crippen molar-refractivity contribution in [1.29, 1.82) is 0 Å². The molecule has 2 aromatic heterocycles. The van der Waals surface area contributed by atoms with E-state index in [1.165, 1.54) is 24.5 Å². The molecule has 2 heterocycles. The van der Waals surface area contributed by atoms with E-state index in [0.29, 0.717) is 11.4 Å². The predicted molar refractivity (Wildman–Crippen MR) is 80.3 cm³/mol. The third kappa shape index (κ3) is 3.74. The molecule has 3 rings (SSSR count). The summed E-state index contributed by atoms with van der Waals surface area (Å²) in [6.07, 6.45) is -3.12. The molecule has 9 heteroatoms. The minimum absolute atomic E-state index is 0.116. The molecule has 5 nitrogen and oxygen atoms in total. The van der Waals surface area contributed by atoms with Crippen molar-refractivity contribution in [3.05, 3.63) is 59.5 Å². The Balaban J connectivity index is 1.64. The van der Waals surface area contributed by atoms with E-state index in [0.717, 1.165) is 16.7 Å². The standard InChI is InChI=1S/C15H9F3N2O3S/c16-15(17,18)12-8-24-14(20-12)23-10-5-3-9(4-6-10)19-13(21)11-2-1-7-22-11/h1-8H,(H,19,21). The number of benzene rings is 1. The molecular weight excluding hydrogens is 345 g/mol. The van der Waals surface area contributed by atoms with Crippen LogP contribution in [-0.4, -0.2) is 10.9 Å². The van der Waals surface area contributed by atoms with Gasteiger partial charge in [0.15, 0.2) is 11.5 Å². The van der Waals surface area contributed by atoms with Gasteiger partial charge in [0.05, 0.1) is 6.26 Å². The summed E-state index contributed by atoms with van der Waals surface area (Å²) in [5.41, 5.74) is -0.510. The van der Waals surface area contributed by atoms with Crippen LogP contribution in [0.3, 0.4) is 0 Å². The normalized spacial score (nSPS) is 11.3. The summed E-state index contributed by atoms with van der Waals surface area (Å²) < 4.78 is 47.6. The maximum atomic E-state index is 12.5. The zero-order valence-corrected chi connectivity index (χ0v) is 12.6. The van der Waals surface area contributed by atoms with E-state index in [1.54, 1.807) is 18.2 Å². The third-order valence-corrected chi connectivity index (χ3v) is 3.55. The topological polar surface area (TPSA) is 64.4 Å². The number of hydrogen-bond donors (Lipinski definition) is 1. The van der Waals surface area contributed by atoms with Crippen molar-refractivity contribution in [3.8, 4) is 10.9 Å². The highest BCUT2D eigenvalue weighted by atomic mass is 32.1. The van der Waals surface area contributed by atoms with Gasteiger partial charge < -0.3 is 14.5 Å². The molecule has 3 aromatic rings. The number of alkyl halides is 3. The summed E-state index contributed by atoms with van der Waals surface area (Å²) in [5, 5.41) is 3.38. The van der Waals surface area contributed by atoms with Crippen molar-refractivity contribution < 1.29 is 27.1 Å². The van der Waals surface area contributed by atoms with Crippen molar-refractivity contribution in [2.24, 2.45) is 0 Å². The van der Waals surface area contributed by atoms with Crippen LogP contribution in [0, 0.1) is 0 Å². The SMILES string of the molecule is O=C(Nc1ccc(Oc2nc(C(F)(F)F)cs2)cc1)c1ccco1. The van der Waals surface area contributed by atoms with Crippen LogP contribution in [0.2, 0.25) is 0 Å². The summed E-state index contributed by atoms with van der Waals surface area (Å²) in [4.78, 5) is 15.2. The maximum Gasteiger partial charge on any atom is 0.434 e. The highest BCUT2D eigenvalue weighted by Gasteiger charge is 2.34. The van der Waals surface area contributed by atoms with E-state index in [9.17, 15) is 18.0 Å². The average Bonchev–Trinajstić information content (AvgIpc) is 3.19. The van der Waals surface area contributed by atoms with Gasteiger partial charge in [0.25, 0.3) is 11.1 Å². The number of aromatic nitrogens is 1. The first kappa shape index (κ1) is 16.1. The quantitative estimate of drug-likeness (QED) is 0.731. The molecule has 0 aliphatic heterocycles. The van der Waals surface area contributed by atoms with Crippen molar-refractivity contribution in [3.63, 3.8) is 0 Å². The molecule has 0 saturated heterocycles. The van der Waals surface area contributed by atoms with Gasteiger partial charge in [0.2, 0.25) is 0 Å². The van der Waals surface area contributed by atoms with E-state index >= 15 is 0 Å². The van der Waals surface area contributed by atoms with E-state index < -0.39 is 17.8 Å². The number of halogens is 3. The minimum Gasteiger partial charge on any atom is -0.459 e. The van der Waals surface area contributed by atoms with Gasteiger partial charge in [0.1, 0.15) is 5.75 Å². The van der Waals surface area contributed by atoms with Gasteiger partial charge in [-0.15, -0.1) is 0 Å². The number of ether oxygens (including phenoxy) is 1. The molecule has 0 unspecified atom stereocenters. The van der Waals surface area contributed by atoms with Crippen LogP contribution in [0.15, 0.2) is 52.5 Å². The van der Waals surface area contributed by atoms with Crippen LogP contribution in [0.1, 0.15) is 16.2 Å². The van der Waals surface area contributed by atoms with Gasteiger partial charge >= 0.3 is 6.18 Å². The molecule has 0 bridgehead atoms. The lowest BCUT2D eigenvalue weighted by Crippen LogP contribution is -2.10. The Morgan fingerprint density at radius 3 is 2.54 bits per heavy atom. The second-order valence-electron chi connectivity index (χ2n) is 4.55. The van der Waals surface area contributed by atoms with Gasteiger partial charge in [-0.3, -0.25) is 4.79 Å². The second kappa shape index (κ2) is 6.36. The minimum atomic E-state index is -4.50. The zero-order valence-electron chi connectivity index (χ0n) is 11.8. The Bertz CT molecular complexity index is 827. The fraction of sp³-hybridized carbons (Fsp3) is 0.0667. The molecule has 0 aliphatic carbocycles. The van der Waals surface area contributed by atoms with Crippen LogP contribution < -0.4 is 10.1 Å². The summed E-state index contributed by atoms with van der Waals surface area (Å²) in [6, 6.07) is 9.23. The molecule has 1 amide bonds. The lowest BCUT2D eigenvalue weighted by molar-refractivity contribution is -0.140. The number of amides is 1. The van der Waals surface area contributed by atoms with E-state index in [2.05, 4.69) is 10.3 Å². The van der Waals surface area contributed by atoms with Crippen LogP contribution in [0.25, 0.3) is 0 Å². The molecule has 1 aromatic carbocycles. The summed E-state index contributed by atoms with van der Waals surface area (Å²) >= 11 is 0.749. The summed E-state index contributed by atoms with van der Waals surface area (Å²) in [5.74, 6) is 0.0512. The van der Waals surface area contributed by atoms with Gasteiger partial charge in [0, 0.05) is 11.1 Å². The molecule has 1 N–H and O–H groups in total. The summed E-state index contributed by atoms with van der Waals surface area (Å²) in [7, 11) is 0. The lowest BCUT2D eigenvalue weighted by Gasteiger charge is -2.05. The van der Waals surface area contributed by atoms with Gasteiger partial charge in [-0.2, -0.15) is 18.2 Å². The Morgan fingerprint density at radius 1 is 1.21 bits per heavy atom. The van der Waals surface area contributed by atoms with E-state index in [-0.39, 0.29) is 11.0 Å². The highest BCUT2D eigenvalue weighted by molar-refractivity contribution is 7.11. The Hall–Kier alpha value is -2.81. The number of carbonyl (C=O) groups is 1. The van der Waals surface area contributed by atoms with Crippen molar-refractivity contribution in [2.45, 2.75) is 6.18 Å². The molecule has 124 valence electrons. The van der Waals surface area contributed by atoms with Crippen LogP contribution in [-0.2, 0) is 6.18 Å². The van der Waals surface area contributed by atoms with Crippen LogP contribution in [0.4, 0.5) is 18.9 Å². The van der Waals surface area contributed by atoms with E-state index in [4.69, 9.17) is 9.15 Å². The molecule has 24 heavy (non-hydrogen) atoms. The smallest absolute Gasteiger partial charge is 0.434 e. The Labute approximate surface area is 137 Å². The zero-order chi connectivity index (χ0) is 17.2. The number of hydrogen-bond acceptors (Lipinski definition) is 5. The van der Waals surface area contributed by atoms with Crippen molar-refractivity contribution >= 4 is 22.9 Å². The molecular formula is C15H9F3N2O3S. The molecule has 0 saturated carbocycles.